The van der Waals surface area contributed by atoms with Gasteiger partial charge in [-0.2, -0.15) is 0 Å². The van der Waals surface area contributed by atoms with E-state index in [0.29, 0.717) is 4.58 Å². The Labute approximate surface area is 141 Å². The van der Waals surface area contributed by atoms with Gasteiger partial charge in [-0.1, -0.05) is 25.0 Å². The second kappa shape index (κ2) is 8.27. The van der Waals surface area contributed by atoms with Crippen LogP contribution in [0, 0.1) is 0 Å². The molecule has 0 spiro atoms. The van der Waals surface area contributed by atoms with Gasteiger partial charge in [0.15, 0.2) is 0 Å². The molecular formula is C17H23NO2S2. The molecule has 1 aromatic carbocycles. The van der Waals surface area contributed by atoms with Crippen LogP contribution in [0.15, 0.2) is 24.3 Å². The highest BCUT2D eigenvalue weighted by Gasteiger charge is 2.18. The first kappa shape index (κ1) is 16.2. The molecule has 1 aromatic rings. The first-order valence-corrected chi connectivity index (χ1v) is 10.2. The molecule has 1 amide bonds. The van der Waals surface area contributed by atoms with E-state index in [0.717, 1.165) is 18.5 Å². The predicted octanol–water partition coefficient (Wildman–Crippen LogP) is 4.45. The Morgan fingerprint density at radius 3 is 2.73 bits per heavy atom. The van der Waals surface area contributed by atoms with Gasteiger partial charge in [-0.05, 0) is 48.5 Å². The summed E-state index contributed by atoms with van der Waals surface area (Å²) in [4.78, 5) is 12.0. The number of carbonyl (C=O) groups is 1. The predicted molar refractivity (Wildman–Crippen MR) is 95.6 cm³/mol. The summed E-state index contributed by atoms with van der Waals surface area (Å²) in [7, 11) is 0. The Hall–Kier alpha value is -0.650. The van der Waals surface area contributed by atoms with Crippen molar-refractivity contribution < 1.29 is 9.53 Å². The van der Waals surface area contributed by atoms with Crippen molar-refractivity contribution >= 4 is 35.1 Å². The third kappa shape index (κ3) is 4.67. The number of anilines is 1. The zero-order chi connectivity index (χ0) is 15.2. The number of thioether (sulfide) groups is 2. The Morgan fingerprint density at radius 1 is 1.18 bits per heavy atom. The number of carbonyl (C=O) groups excluding carboxylic acids is 1. The monoisotopic (exact) mass is 337 g/mol. The number of ether oxygens (including phenoxy) is 1. The van der Waals surface area contributed by atoms with E-state index in [1.165, 1.54) is 36.3 Å². The average molecular weight is 338 g/mol. The summed E-state index contributed by atoms with van der Waals surface area (Å²) in [5.41, 5.74) is 2.17. The third-order valence-corrected chi connectivity index (χ3v) is 7.04. The molecule has 1 aliphatic carbocycles. The maximum atomic E-state index is 12.0. The van der Waals surface area contributed by atoms with Gasteiger partial charge >= 0.3 is 0 Å². The molecule has 5 heteroatoms. The minimum atomic E-state index is -0.0481. The highest BCUT2D eigenvalue weighted by molar-refractivity contribution is 8.16. The molecule has 3 nitrogen and oxygen atoms in total. The summed E-state index contributed by atoms with van der Waals surface area (Å²) in [6.45, 7) is 0.168. The summed E-state index contributed by atoms with van der Waals surface area (Å²) in [6.07, 6.45) is 6.22. The first-order chi connectivity index (χ1) is 10.8. The molecule has 1 N–H and O–H groups in total. The summed E-state index contributed by atoms with van der Waals surface area (Å²) < 4.78 is 6.16. The molecule has 120 valence electrons. The van der Waals surface area contributed by atoms with Gasteiger partial charge in [-0.3, -0.25) is 4.79 Å². The Balaban J connectivity index is 1.51. The first-order valence-electron chi connectivity index (χ1n) is 8.06. The van der Waals surface area contributed by atoms with E-state index >= 15 is 0 Å². The normalized spacial score (nSPS) is 20.2. The van der Waals surface area contributed by atoms with Crippen LogP contribution in [-0.4, -0.2) is 30.1 Å². The molecule has 2 aliphatic rings. The van der Waals surface area contributed by atoms with Gasteiger partial charge in [0.1, 0.15) is 6.61 Å². The van der Waals surface area contributed by atoms with Crippen LogP contribution in [0.5, 0.6) is 0 Å². The second-order valence-corrected chi connectivity index (χ2v) is 8.54. The van der Waals surface area contributed by atoms with Gasteiger partial charge in [0.2, 0.25) is 5.91 Å². The number of benzene rings is 1. The third-order valence-electron chi connectivity index (χ3n) is 4.02. The van der Waals surface area contributed by atoms with Crippen LogP contribution in [0.4, 0.5) is 5.69 Å². The zero-order valence-electron chi connectivity index (χ0n) is 12.8. The molecule has 22 heavy (non-hydrogen) atoms. The molecule has 0 aromatic heterocycles. The van der Waals surface area contributed by atoms with Crippen LogP contribution in [0.25, 0.3) is 0 Å². The van der Waals surface area contributed by atoms with Crippen LogP contribution in [0.2, 0.25) is 0 Å². The lowest BCUT2D eigenvalue weighted by Crippen LogP contribution is -2.21. The molecule has 2 fully saturated rings. The van der Waals surface area contributed by atoms with Gasteiger partial charge < -0.3 is 10.1 Å². The zero-order valence-corrected chi connectivity index (χ0v) is 14.4. The Morgan fingerprint density at radius 2 is 1.95 bits per heavy atom. The fourth-order valence-corrected chi connectivity index (χ4v) is 5.76. The maximum absolute atomic E-state index is 12.0. The van der Waals surface area contributed by atoms with E-state index in [2.05, 4.69) is 17.4 Å². The van der Waals surface area contributed by atoms with Crippen molar-refractivity contribution in [1.82, 2.24) is 0 Å². The van der Waals surface area contributed by atoms with Gasteiger partial charge in [-0.15, -0.1) is 23.5 Å². The highest BCUT2D eigenvalue weighted by atomic mass is 32.2. The molecule has 1 saturated heterocycles. The van der Waals surface area contributed by atoms with Crippen molar-refractivity contribution in [2.24, 2.45) is 0 Å². The molecule has 0 bridgehead atoms. The highest BCUT2D eigenvalue weighted by Crippen LogP contribution is 2.44. The minimum Gasteiger partial charge on any atom is -0.368 e. The van der Waals surface area contributed by atoms with Gasteiger partial charge in [0.25, 0.3) is 0 Å². The molecule has 1 heterocycles. The number of hydrogen-bond donors (Lipinski definition) is 1. The van der Waals surface area contributed by atoms with Gasteiger partial charge in [0.05, 0.1) is 10.7 Å². The topological polar surface area (TPSA) is 38.3 Å². The Kier molecular flexibility index (Phi) is 6.10. The molecule has 1 saturated carbocycles. The standard InChI is InChI=1S/C17H23NO2S2/c19-16(12-20-15-7-1-2-8-15)18-14-6-3-5-13(11-14)17-21-9-4-10-22-17/h3,5-6,11,15,17H,1-2,4,7-10,12H2,(H,18,19). The molecule has 0 radical (unpaired) electrons. The van der Waals surface area contributed by atoms with E-state index in [-0.39, 0.29) is 18.6 Å². The molecule has 0 unspecified atom stereocenters. The largest absolute Gasteiger partial charge is 0.368 e. The van der Waals surface area contributed by atoms with E-state index in [1.807, 2.05) is 35.7 Å². The van der Waals surface area contributed by atoms with Crippen molar-refractivity contribution in [3.63, 3.8) is 0 Å². The fourth-order valence-electron chi connectivity index (χ4n) is 2.89. The SMILES string of the molecule is O=C(COC1CCCC1)Nc1cccc(C2SCCCS2)c1. The summed E-state index contributed by atoms with van der Waals surface area (Å²) in [6, 6.07) is 8.23. The molecule has 3 rings (SSSR count). The number of rotatable bonds is 5. The van der Waals surface area contributed by atoms with Crippen LogP contribution >= 0.6 is 23.5 Å². The van der Waals surface area contributed by atoms with Crippen LogP contribution in [0.3, 0.4) is 0 Å². The fraction of sp³-hybridized carbons (Fsp3) is 0.588. The van der Waals surface area contributed by atoms with E-state index in [1.54, 1.807) is 0 Å². The van der Waals surface area contributed by atoms with Crippen molar-refractivity contribution in [1.29, 1.82) is 0 Å². The van der Waals surface area contributed by atoms with E-state index in [4.69, 9.17) is 4.74 Å². The second-order valence-electron chi connectivity index (χ2n) is 5.82. The summed E-state index contributed by atoms with van der Waals surface area (Å²) >= 11 is 3.99. The average Bonchev–Trinajstić information content (AvgIpc) is 3.08. The van der Waals surface area contributed by atoms with Gasteiger partial charge in [-0.25, -0.2) is 0 Å². The number of nitrogens with one attached hydrogen (secondary N) is 1. The molecular weight excluding hydrogens is 314 g/mol. The summed E-state index contributed by atoms with van der Waals surface area (Å²) in [5, 5.41) is 2.96. The molecule has 1 aliphatic heterocycles. The van der Waals surface area contributed by atoms with Crippen molar-refractivity contribution in [2.75, 3.05) is 23.4 Å². The van der Waals surface area contributed by atoms with Crippen molar-refractivity contribution in [2.45, 2.75) is 42.8 Å². The summed E-state index contributed by atoms with van der Waals surface area (Å²) in [5.74, 6) is 2.40. The maximum Gasteiger partial charge on any atom is 0.250 e. The van der Waals surface area contributed by atoms with E-state index < -0.39 is 0 Å². The van der Waals surface area contributed by atoms with Gasteiger partial charge in [0, 0.05) is 5.69 Å². The van der Waals surface area contributed by atoms with Crippen LogP contribution in [-0.2, 0) is 9.53 Å². The number of amides is 1. The lowest BCUT2D eigenvalue weighted by atomic mass is 10.2. The number of hydrogen-bond acceptors (Lipinski definition) is 4. The Bertz CT molecular complexity index is 497. The quantitative estimate of drug-likeness (QED) is 0.861. The van der Waals surface area contributed by atoms with Crippen molar-refractivity contribution in [3.05, 3.63) is 29.8 Å². The lowest BCUT2D eigenvalue weighted by molar-refractivity contribution is -0.122. The van der Waals surface area contributed by atoms with Crippen molar-refractivity contribution in [3.8, 4) is 0 Å². The van der Waals surface area contributed by atoms with Crippen LogP contribution < -0.4 is 5.32 Å². The van der Waals surface area contributed by atoms with Crippen LogP contribution in [0.1, 0.15) is 42.2 Å². The minimum absolute atomic E-state index is 0.0481. The van der Waals surface area contributed by atoms with E-state index in [9.17, 15) is 4.79 Å². The smallest absolute Gasteiger partial charge is 0.250 e. The molecule has 0 atom stereocenters. The lowest BCUT2D eigenvalue weighted by Gasteiger charge is -2.21.